The lowest BCUT2D eigenvalue weighted by atomic mass is 10.0. The van der Waals surface area contributed by atoms with Gasteiger partial charge in [-0.05, 0) is 50.6 Å². The minimum absolute atomic E-state index is 0.291. The highest BCUT2D eigenvalue weighted by molar-refractivity contribution is 6.43. The van der Waals surface area contributed by atoms with Crippen molar-refractivity contribution in [1.82, 2.24) is 29.4 Å². The minimum atomic E-state index is -0.573. The summed E-state index contributed by atoms with van der Waals surface area (Å²) in [4.78, 5) is 31.6. The zero-order valence-corrected chi connectivity index (χ0v) is 18.4. The molecule has 0 radical (unpaired) electrons. The molecule has 1 atom stereocenters. The van der Waals surface area contributed by atoms with Gasteiger partial charge in [-0.25, -0.2) is 14.3 Å². The number of nitrogens with zero attached hydrogens (tertiary/aromatic N) is 6. The van der Waals surface area contributed by atoms with E-state index < -0.39 is 11.7 Å². The largest absolute Gasteiger partial charge is 0.332 e. The van der Waals surface area contributed by atoms with E-state index in [1.807, 2.05) is 61.5 Å². The Labute approximate surface area is 186 Å². The predicted octanol–water partition coefficient (Wildman–Crippen LogP) is 3.47. The summed E-state index contributed by atoms with van der Waals surface area (Å²) >= 11 is 0. The van der Waals surface area contributed by atoms with Gasteiger partial charge in [0.05, 0.1) is 34.4 Å². The molecule has 0 saturated heterocycles. The van der Waals surface area contributed by atoms with Crippen molar-refractivity contribution in [3.63, 3.8) is 0 Å². The van der Waals surface area contributed by atoms with Crippen molar-refractivity contribution in [3.05, 3.63) is 89.8 Å². The number of para-hydroxylation sites is 1. The number of amides is 1. The van der Waals surface area contributed by atoms with Gasteiger partial charge < -0.3 is 4.90 Å². The van der Waals surface area contributed by atoms with E-state index in [2.05, 4.69) is 15.2 Å². The van der Waals surface area contributed by atoms with Gasteiger partial charge in [0, 0.05) is 7.05 Å². The molecule has 0 aliphatic heterocycles. The Bertz CT molecular complexity index is 1240. The molecular formula is C24H24N6O2. The van der Waals surface area contributed by atoms with Crippen LogP contribution in [0.1, 0.15) is 40.3 Å². The van der Waals surface area contributed by atoms with Gasteiger partial charge in [-0.3, -0.25) is 9.59 Å². The molecule has 0 aliphatic carbocycles. The molecule has 4 rings (SSSR count). The summed E-state index contributed by atoms with van der Waals surface area (Å²) in [5.74, 6) is -1.13. The number of Topliss-reactive ketones (excluding diaryl/α,β-unsaturated/α-hetero) is 1. The monoisotopic (exact) mass is 428 g/mol. The molecule has 0 unspecified atom stereocenters. The molecule has 32 heavy (non-hydrogen) atoms. The lowest BCUT2D eigenvalue weighted by molar-refractivity contribution is -0.127. The maximum absolute atomic E-state index is 13.2. The topological polar surface area (TPSA) is 85.9 Å². The molecule has 0 bridgehead atoms. The highest BCUT2D eigenvalue weighted by atomic mass is 16.2. The van der Waals surface area contributed by atoms with Gasteiger partial charge in [0.25, 0.3) is 11.7 Å². The molecule has 8 heteroatoms. The van der Waals surface area contributed by atoms with E-state index in [1.54, 1.807) is 36.6 Å². The number of likely N-dealkylation sites (N-methyl/N-ethyl adjacent to an activating group) is 1. The summed E-state index contributed by atoms with van der Waals surface area (Å²) < 4.78 is 3.35. The number of benzene rings is 2. The van der Waals surface area contributed by atoms with Crippen LogP contribution in [-0.2, 0) is 4.79 Å². The molecule has 0 fully saturated rings. The third-order valence-corrected chi connectivity index (χ3v) is 5.67. The van der Waals surface area contributed by atoms with Crippen LogP contribution in [0.25, 0.3) is 11.4 Å². The number of ketones is 1. The minimum Gasteiger partial charge on any atom is -0.332 e. The lowest BCUT2D eigenvalue weighted by Crippen LogP contribution is -2.35. The molecule has 0 saturated carbocycles. The molecule has 0 spiro atoms. The summed E-state index contributed by atoms with van der Waals surface area (Å²) in [6.07, 6.45) is 3.09. The van der Waals surface area contributed by atoms with E-state index in [0.29, 0.717) is 17.0 Å². The molecule has 162 valence electrons. The van der Waals surface area contributed by atoms with Gasteiger partial charge in [-0.1, -0.05) is 30.3 Å². The first-order valence-corrected chi connectivity index (χ1v) is 10.3. The lowest BCUT2D eigenvalue weighted by Gasteiger charge is -2.25. The first-order valence-electron chi connectivity index (χ1n) is 10.3. The van der Waals surface area contributed by atoms with Crippen molar-refractivity contribution >= 4 is 11.7 Å². The van der Waals surface area contributed by atoms with Crippen LogP contribution >= 0.6 is 0 Å². The zero-order valence-electron chi connectivity index (χ0n) is 18.4. The highest BCUT2D eigenvalue weighted by Gasteiger charge is 2.29. The first kappa shape index (κ1) is 21.2. The molecule has 0 N–H and O–H groups in total. The third-order valence-electron chi connectivity index (χ3n) is 5.67. The molecule has 8 nitrogen and oxygen atoms in total. The van der Waals surface area contributed by atoms with Crippen molar-refractivity contribution in [2.75, 3.05) is 7.05 Å². The van der Waals surface area contributed by atoms with E-state index >= 15 is 0 Å². The van der Waals surface area contributed by atoms with Crippen molar-refractivity contribution in [1.29, 1.82) is 0 Å². The summed E-state index contributed by atoms with van der Waals surface area (Å²) in [7, 11) is 1.64. The maximum Gasteiger partial charge on any atom is 0.295 e. The van der Waals surface area contributed by atoms with Crippen LogP contribution < -0.4 is 0 Å². The number of hydrogen-bond donors (Lipinski definition) is 0. The van der Waals surface area contributed by atoms with E-state index in [4.69, 9.17) is 0 Å². The fourth-order valence-electron chi connectivity index (χ4n) is 3.71. The number of aromatic nitrogens is 5. The Hall–Kier alpha value is -4.07. The number of hydrogen-bond acceptors (Lipinski definition) is 5. The molecular weight excluding hydrogens is 404 g/mol. The number of rotatable bonds is 6. The number of aryl methyl sites for hydroxylation is 1. The highest BCUT2D eigenvalue weighted by Crippen LogP contribution is 2.23. The second-order valence-corrected chi connectivity index (χ2v) is 7.65. The quantitative estimate of drug-likeness (QED) is 0.347. The van der Waals surface area contributed by atoms with Crippen LogP contribution in [0.5, 0.6) is 0 Å². The van der Waals surface area contributed by atoms with Gasteiger partial charge in [0.2, 0.25) is 0 Å². The van der Waals surface area contributed by atoms with Gasteiger partial charge in [-0.2, -0.15) is 10.2 Å². The second kappa shape index (κ2) is 8.58. The van der Waals surface area contributed by atoms with Crippen molar-refractivity contribution in [2.45, 2.75) is 26.8 Å². The van der Waals surface area contributed by atoms with Crippen LogP contribution in [0.15, 0.2) is 67.3 Å². The van der Waals surface area contributed by atoms with Crippen molar-refractivity contribution in [3.8, 4) is 11.4 Å². The second-order valence-electron chi connectivity index (χ2n) is 7.65. The average molecular weight is 428 g/mol. The van der Waals surface area contributed by atoms with Crippen molar-refractivity contribution < 1.29 is 9.59 Å². The fraction of sp³-hybridized carbons (Fsp3) is 0.208. The number of carbonyl (C=O) groups is 2. The predicted molar refractivity (Wildman–Crippen MR) is 120 cm³/mol. The fourth-order valence-corrected chi connectivity index (χ4v) is 3.71. The van der Waals surface area contributed by atoms with E-state index in [0.717, 1.165) is 16.9 Å². The Morgan fingerprint density at radius 3 is 2.28 bits per heavy atom. The summed E-state index contributed by atoms with van der Waals surface area (Å²) in [6, 6.07) is 16.9. The Morgan fingerprint density at radius 2 is 1.66 bits per heavy atom. The summed E-state index contributed by atoms with van der Waals surface area (Å²) in [6.45, 7) is 5.45. The molecule has 0 aliphatic rings. The van der Waals surface area contributed by atoms with Crippen LogP contribution in [0, 0.1) is 13.8 Å². The van der Waals surface area contributed by atoms with Crippen LogP contribution in [0.3, 0.4) is 0 Å². The molecule has 2 aromatic heterocycles. The SMILES string of the molecule is Cc1nn(-c2ccccc2)c(C)c1C(=O)C(=O)N(C)[C@@H](C)c1ccc(-n2cncn2)cc1. The summed E-state index contributed by atoms with van der Waals surface area (Å²) in [5.41, 5.74) is 4.13. The zero-order chi connectivity index (χ0) is 22.8. The molecule has 2 heterocycles. The Morgan fingerprint density at radius 1 is 0.969 bits per heavy atom. The molecule has 2 aromatic carbocycles. The average Bonchev–Trinajstić information content (AvgIpc) is 3.46. The van der Waals surface area contributed by atoms with Crippen LogP contribution in [-0.4, -0.2) is 48.2 Å². The van der Waals surface area contributed by atoms with E-state index in [9.17, 15) is 9.59 Å². The normalized spacial score (nSPS) is 11.9. The van der Waals surface area contributed by atoms with Gasteiger partial charge in [0.15, 0.2) is 0 Å². The first-order chi connectivity index (χ1) is 15.4. The summed E-state index contributed by atoms with van der Waals surface area (Å²) in [5, 5.41) is 8.60. The van der Waals surface area contributed by atoms with E-state index in [1.165, 1.54) is 11.2 Å². The van der Waals surface area contributed by atoms with Crippen LogP contribution in [0.2, 0.25) is 0 Å². The maximum atomic E-state index is 13.2. The third kappa shape index (κ3) is 3.82. The van der Waals surface area contributed by atoms with Gasteiger partial charge in [0.1, 0.15) is 12.7 Å². The van der Waals surface area contributed by atoms with Gasteiger partial charge >= 0.3 is 0 Å². The van der Waals surface area contributed by atoms with Crippen molar-refractivity contribution in [2.24, 2.45) is 0 Å². The Balaban J connectivity index is 1.55. The number of carbonyl (C=O) groups excluding carboxylic acids is 2. The standard InChI is InChI=1S/C24H24N6O2/c1-16-22(18(3)30(27-16)21-8-6-5-7-9-21)23(31)24(32)28(4)17(2)19-10-12-20(13-11-19)29-15-25-14-26-29/h5-15,17H,1-4H3/t17-/m0/s1. The van der Waals surface area contributed by atoms with Crippen LogP contribution in [0.4, 0.5) is 0 Å². The van der Waals surface area contributed by atoms with E-state index in [-0.39, 0.29) is 6.04 Å². The smallest absolute Gasteiger partial charge is 0.295 e. The Kier molecular flexibility index (Phi) is 5.68. The molecule has 1 amide bonds. The van der Waals surface area contributed by atoms with Gasteiger partial charge in [-0.15, -0.1) is 0 Å². The molecule has 4 aromatic rings.